The van der Waals surface area contributed by atoms with Crippen molar-refractivity contribution in [2.24, 2.45) is 0 Å². The molecule has 3 heterocycles. The van der Waals surface area contributed by atoms with Gasteiger partial charge in [-0.3, -0.25) is 4.98 Å². The summed E-state index contributed by atoms with van der Waals surface area (Å²) in [6, 6.07) is 9.43. The maximum Gasteiger partial charge on any atom is 0.138 e. The lowest BCUT2D eigenvalue weighted by atomic mass is 10.0. The predicted octanol–water partition coefficient (Wildman–Crippen LogP) is 6.86. The van der Waals surface area contributed by atoms with Crippen LogP contribution in [0, 0.1) is 0 Å². The molecule has 6 heteroatoms. The van der Waals surface area contributed by atoms with Gasteiger partial charge in [-0.25, -0.2) is 4.98 Å². The molecular formula is C19H14Cl3N3. The minimum atomic E-state index is 0.302. The minimum absolute atomic E-state index is 0.302. The van der Waals surface area contributed by atoms with E-state index in [1.54, 1.807) is 6.07 Å². The normalized spacial score (nSPS) is 11.8. The maximum absolute atomic E-state index is 6.40. The molecular weight excluding hydrogens is 377 g/mol. The number of H-pyrrole nitrogens is 1. The first-order valence-electron chi connectivity index (χ1n) is 7.88. The Kier molecular flexibility index (Phi) is 4.11. The summed E-state index contributed by atoms with van der Waals surface area (Å²) >= 11 is 18.7. The summed E-state index contributed by atoms with van der Waals surface area (Å²) in [5.41, 5.74) is 4.68. The number of aromatic amines is 1. The fourth-order valence-electron chi connectivity index (χ4n) is 3.18. The van der Waals surface area contributed by atoms with Crippen LogP contribution >= 0.6 is 34.8 Å². The molecule has 0 atom stereocenters. The summed E-state index contributed by atoms with van der Waals surface area (Å²) in [5, 5.41) is 3.47. The van der Waals surface area contributed by atoms with Gasteiger partial charge in [-0.05, 0) is 36.2 Å². The average molecular weight is 391 g/mol. The summed E-state index contributed by atoms with van der Waals surface area (Å²) in [6.07, 6.45) is 1.84. The molecule has 0 saturated carbocycles. The summed E-state index contributed by atoms with van der Waals surface area (Å²) < 4.78 is 0. The SMILES string of the molecule is CC(C)c1nccc2c1[nH]c1c(-c3ccc(Cl)nc3Cl)cc(Cl)cc12. The van der Waals surface area contributed by atoms with E-state index in [-0.39, 0.29) is 0 Å². The molecule has 0 fully saturated rings. The van der Waals surface area contributed by atoms with Crippen molar-refractivity contribution in [3.05, 3.63) is 57.6 Å². The number of hydrogen-bond donors (Lipinski definition) is 1. The average Bonchev–Trinajstić information content (AvgIpc) is 2.92. The van der Waals surface area contributed by atoms with Crippen molar-refractivity contribution in [2.75, 3.05) is 0 Å². The third-order valence-electron chi connectivity index (χ3n) is 4.28. The van der Waals surface area contributed by atoms with E-state index in [4.69, 9.17) is 34.8 Å². The fourth-order valence-corrected chi connectivity index (χ4v) is 3.84. The number of aromatic nitrogens is 3. The third-order valence-corrected chi connectivity index (χ3v) is 4.99. The van der Waals surface area contributed by atoms with Crippen molar-refractivity contribution < 1.29 is 0 Å². The first-order chi connectivity index (χ1) is 12.0. The highest BCUT2D eigenvalue weighted by atomic mass is 35.5. The highest BCUT2D eigenvalue weighted by Crippen LogP contribution is 2.39. The van der Waals surface area contributed by atoms with Crippen LogP contribution in [0.25, 0.3) is 32.9 Å². The second kappa shape index (κ2) is 6.17. The zero-order valence-corrected chi connectivity index (χ0v) is 15.8. The number of nitrogens with zero attached hydrogens (tertiary/aromatic N) is 2. The molecule has 1 aromatic carbocycles. The Balaban J connectivity index is 2.12. The number of fused-ring (bicyclic) bond motifs is 3. The lowest BCUT2D eigenvalue weighted by Gasteiger charge is -2.07. The smallest absolute Gasteiger partial charge is 0.138 e. The van der Waals surface area contributed by atoms with E-state index in [0.717, 1.165) is 38.6 Å². The Morgan fingerprint density at radius 1 is 0.920 bits per heavy atom. The number of rotatable bonds is 2. The second-order valence-electron chi connectivity index (χ2n) is 6.25. The Morgan fingerprint density at radius 3 is 2.44 bits per heavy atom. The highest BCUT2D eigenvalue weighted by Gasteiger charge is 2.17. The van der Waals surface area contributed by atoms with Gasteiger partial charge >= 0.3 is 0 Å². The van der Waals surface area contributed by atoms with Crippen molar-refractivity contribution in [1.29, 1.82) is 0 Å². The molecule has 0 unspecified atom stereocenters. The zero-order valence-electron chi connectivity index (χ0n) is 13.6. The van der Waals surface area contributed by atoms with Gasteiger partial charge in [0.25, 0.3) is 0 Å². The van der Waals surface area contributed by atoms with Gasteiger partial charge in [-0.15, -0.1) is 0 Å². The fraction of sp³-hybridized carbons (Fsp3) is 0.158. The van der Waals surface area contributed by atoms with Crippen molar-refractivity contribution in [3.8, 4) is 11.1 Å². The summed E-state index contributed by atoms with van der Waals surface area (Å²) in [7, 11) is 0. The summed E-state index contributed by atoms with van der Waals surface area (Å²) in [4.78, 5) is 12.2. The van der Waals surface area contributed by atoms with Gasteiger partial charge in [-0.2, -0.15) is 0 Å². The molecule has 25 heavy (non-hydrogen) atoms. The second-order valence-corrected chi connectivity index (χ2v) is 7.43. The Morgan fingerprint density at radius 2 is 1.72 bits per heavy atom. The monoisotopic (exact) mass is 389 g/mol. The van der Waals surface area contributed by atoms with Crippen LogP contribution in [0.4, 0.5) is 0 Å². The molecule has 4 aromatic rings. The molecule has 1 N–H and O–H groups in total. The van der Waals surface area contributed by atoms with E-state index in [0.29, 0.717) is 21.2 Å². The number of pyridine rings is 2. The number of hydrogen-bond acceptors (Lipinski definition) is 2. The van der Waals surface area contributed by atoms with Crippen LogP contribution in [-0.2, 0) is 0 Å². The van der Waals surface area contributed by atoms with Crippen LogP contribution < -0.4 is 0 Å². The standard InChI is InChI=1S/C19H14Cl3N3/c1-9(2)16-18-11(5-6-23-16)13-7-10(20)8-14(17(13)25-18)12-3-4-15(21)24-19(12)22/h3-9,25H,1-2H3. The molecule has 0 saturated heterocycles. The predicted molar refractivity (Wildman–Crippen MR) is 106 cm³/mol. The largest absolute Gasteiger partial charge is 0.352 e. The molecule has 0 radical (unpaired) electrons. The molecule has 0 aliphatic rings. The molecule has 4 rings (SSSR count). The number of halogens is 3. The van der Waals surface area contributed by atoms with Gasteiger partial charge in [0.2, 0.25) is 0 Å². The first kappa shape index (κ1) is 16.6. The van der Waals surface area contributed by atoms with Crippen molar-refractivity contribution in [3.63, 3.8) is 0 Å². The molecule has 0 aliphatic carbocycles. The van der Waals surface area contributed by atoms with Gasteiger partial charge < -0.3 is 4.98 Å². The number of benzene rings is 1. The van der Waals surface area contributed by atoms with E-state index in [1.165, 1.54) is 0 Å². The van der Waals surface area contributed by atoms with Crippen LogP contribution in [0.2, 0.25) is 15.3 Å². The summed E-state index contributed by atoms with van der Waals surface area (Å²) in [5.74, 6) is 0.302. The van der Waals surface area contributed by atoms with E-state index >= 15 is 0 Å². The molecule has 126 valence electrons. The number of nitrogens with one attached hydrogen (secondary N) is 1. The van der Waals surface area contributed by atoms with Crippen LogP contribution in [-0.4, -0.2) is 15.0 Å². The molecule has 0 amide bonds. The maximum atomic E-state index is 6.40. The molecule has 0 aliphatic heterocycles. The van der Waals surface area contributed by atoms with Gasteiger partial charge in [0.15, 0.2) is 0 Å². The van der Waals surface area contributed by atoms with Gasteiger partial charge in [-0.1, -0.05) is 48.7 Å². The quantitative estimate of drug-likeness (QED) is 0.380. The topological polar surface area (TPSA) is 41.6 Å². The minimum Gasteiger partial charge on any atom is -0.352 e. The van der Waals surface area contributed by atoms with E-state index < -0.39 is 0 Å². The van der Waals surface area contributed by atoms with Crippen LogP contribution in [0.15, 0.2) is 36.5 Å². The Hall–Kier alpha value is -1.81. The lowest BCUT2D eigenvalue weighted by molar-refractivity contribution is 0.832. The van der Waals surface area contributed by atoms with Gasteiger partial charge in [0.05, 0.1) is 16.7 Å². The van der Waals surface area contributed by atoms with E-state index in [2.05, 4.69) is 28.8 Å². The van der Waals surface area contributed by atoms with E-state index in [9.17, 15) is 0 Å². The first-order valence-corrected chi connectivity index (χ1v) is 9.01. The van der Waals surface area contributed by atoms with Crippen LogP contribution in [0.3, 0.4) is 0 Å². The van der Waals surface area contributed by atoms with Crippen LogP contribution in [0.1, 0.15) is 25.5 Å². The van der Waals surface area contributed by atoms with Crippen molar-refractivity contribution >= 4 is 56.6 Å². The van der Waals surface area contributed by atoms with Crippen molar-refractivity contribution in [1.82, 2.24) is 15.0 Å². The Bertz CT molecular complexity index is 1120. The van der Waals surface area contributed by atoms with Gasteiger partial charge in [0.1, 0.15) is 10.3 Å². The van der Waals surface area contributed by atoms with E-state index in [1.807, 2.05) is 30.5 Å². The Labute approximate surface area is 160 Å². The lowest BCUT2D eigenvalue weighted by Crippen LogP contribution is -1.92. The highest BCUT2D eigenvalue weighted by molar-refractivity contribution is 6.35. The molecule has 0 bridgehead atoms. The summed E-state index contributed by atoms with van der Waals surface area (Å²) in [6.45, 7) is 4.25. The van der Waals surface area contributed by atoms with Crippen molar-refractivity contribution in [2.45, 2.75) is 19.8 Å². The zero-order chi connectivity index (χ0) is 17.7. The molecule has 0 spiro atoms. The van der Waals surface area contributed by atoms with Crippen LogP contribution in [0.5, 0.6) is 0 Å². The molecule has 3 nitrogen and oxygen atoms in total. The molecule has 3 aromatic heterocycles. The third kappa shape index (κ3) is 2.77. The van der Waals surface area contributed by atoms with Gasteiger partial charge in [0, 0.05) is 33.1 Å².